The van der Waals surface area contributed by atoms with E-state index in [0.717, 1.165) is 11.3 Å². The van der Waals surface area contributed by atoms with E-state index < -0.39 is 4.84 Å². The summed E-state index contributed by atoms with van der Waals surface area (Å²) >= 11 is 11.7. The van der Waals surface area contributed by atoms with Gasteiger partial charge in [0.1, 0.15) is 17.7 Å². The fourth-order valence-corrected chi connectivity index (χ4v) is 2.90. The Morgan fingerprint density at radius 3 is 2.26 bits per heavy atom. The molecule has 0 aliphatic rings. The van der Waals surface area contributed by atoms with Crippen LogP contribution >= 0.6 is 23.2 Å². The Balaban J connectivity index is 2.16. The summed E-state index contributed by atoms with van der Waals surface area (Å²) in [6, 6.07) is 17.1. The van der Waals surface area contributed by atoms with Crippen molar-refractivity contribution >= 4 is 29.1 Å². The third-order valence-electron chi connectivity index (χ3n) is 3.91. The summed E-state index contributed by atoms with van der Waals surface area (Å²) in [7, 11) is 1.78. The minimum Gasteiger partial charge on any atom is -0.457 e. The lowest BCUT2D eigenvalue weighted by Crippen LogP contribution is -2.45. The van der Waals surface area contributed by atoms with E-state index in [9.17, 15) is 4.79 Å². The molecule has 0 fully saturated rings. The van der Waals surface area contributed by atoms with Gasteiger partial charge in [-0.25, -0.2) is 0 Å². The lowest BCUT2D eigenvalue weighted by atomic mass is 10.1. The second-order valence-corrected chi connectivity index (χ2v) is 6.80. The molecule has 0 saturated carbocycles. The van der Waals surface area contributed by atoms with Crippen LogP contribution in [-0.4, -0.2) is 42.4 Å². The molecular weight excluding hydrogens is 387 g/mol. The van der Waals surface area contributed by atoms with Crippen molar-refractivity contribution in [3.63, 3.8) is 0 Å². The van der Waals surface area contributed by atoms with Crippen LogP contribution in [0.2, 0.25) is 0 Å². The van der Waals surface area contributed by atoms with E-state index >= 15 is 0 Å². The predicted octanol–water partition coefficient (Wildman–Crippen LogP) is 4.37. The number of hydrogen-bond donors (Lipinski definition) is 1. The zero-order valence-electron chi connectivity index (χ0n) is 15.4. The highest BCUT2D eigenvalue weighted by Crippen LogP contribution is 2.25. The number of nitrogens with one attached hydrogen (secondary N) is 1. The van der Waals surface area contributed by atoms with Gasteiger partial charge in [-0.1, -0.05) is 53.5 Å². The molecule has 1 atom stereocenters. The first-order chi connectivity index (χ1) is 13.1. The van der Waals surface area contributed by atoms with Crippen molar-refractivity contribution in [2.45, 2.75) is 17.9 Å². The highest BCUT2D eigenvalue weighted by molar-refractivity contribution is 6.53. The third kappa shape index (κ3) is 6.40. The summed E-state index contributed by atoms with van der Waals surface area (Å²) in [5.74, 6) is 1.10. The molecule has 7 heteroatoms. The molecule has 0 aromatic heterocycles. The monoisotopic (exact) mass is 410 g/mol. The van der Waals surface area contributed by atoms with E-state index in [2.05, 4.69) is 5.32 Å². The standard InChI is InChI=1S/C20H24Cl2N2O3/c1-3-26-14-13-24(20(25)18(21)22)19(23-2)15-9-11-17(12-10-15)27-16-7-5-4-6-8-16/h4-12,18-19,23H,3,13-14H2,1-2H3. The van der Waals surface area contributed by atoms with Crippen LogP contribution in [0.15, 0.2) is 54.6 Å². The van der Waals surface area contributed by atoms with Crippen molar-refractivity contribution in [2.75, 3.05) is 26.8 Å². The molecule has 1 unspecified atom stereocenters. The van der Waals surface area contributed by atoms with Crippen LogP contribution in [0.3, 0.4) is 0 Å². The van der Waals surface area contributed by atoms with Gasteiger partial charge in [-0.15, -0.1) is 0 Å². The molecule has 5 nitrogen and oxygen atoms in total. The van der Waals surface area contributed by atoms with Gasteiger partial charge in [0.15, 0.2) is 4.84 Å². The van der Waals surface area contributed by atoms with Crippen molar-refractivity contribution in [3.8, 4) is 11.5 Å². The largest absolute Gasteiger partial charge is 0.457 e. The first-order valence-electron chi connectivity index (χ1n) is 8.73. The average molecular weight is 411 g/mol. The van der Waals surface area contributed by atoms with Gasteiger partial charge in [0.25, 0.3) is 5.91 Å². The molecule has 2 aromatic rings. The summed E-state index contributed by atoms with van der Waals surface area (Å²) in [5.41, 5.74) is 0.886. The fraction of sp³-hybridized carbons (Fsp3) is 0.350. The van der Waals surface area contributed by atoms with Gasteiger partial charge in [-0.2, -0.15) is 0 Å². The second kappa shape index (κ2) is 11.1. The molecular formula is C20H24Cl2N2O3. The number of alkyl halides is 2. The third-order valence-corrected chi connectivity index (χ3v) is 4.28. The molecule has 1 amide bonds. The Labute approximate surface area is 170 Å². The van der Waals surface area contributed by atoms with Gasteiger partial charge in [0, 0.05) is 13.2 Å². The number of ether oxygens (including phenoxy) is 2. The van der Waals surface area contributed by atoms with Gasteiger partial charge in [-0.3, -0.25) is 10.1 Å². The Morgan fingerprint density at radius 2 is 1.70 bits per heavy atom. The molecule has 0 spiro atoms. The number of benzene rings is 2. The zero-order valence-corrected chi connectivity index (χ0v) is 16.9. The van der Waals surface area contributed by atoms with E-state index in [1.807, 2.05) is 61.5 Å². The van der Waals surface area contributed by atoms with Crippen LogP contribution in [0.25, 0.3) is 0 Å². The van der Waals surface area contributed by atoms with E-state index in [0.29, 0.717) is 25.5 Å². The van der Waals surface area contributed by atoms with E-state index in [-0.39, 0.29) is 12.1 Å². The van der Waals surface area contributed by atoms with Crippen LogP contribution < -0.4 is 10.1 Å². The molecule has 146 valence electrons. The SMILES string of the molecule is CCOCCN(C(=O)C(Cl)Cl)C(NC)c1ccc(Oc2ccccc2)cc1. The number of nitrogens with zero attached hydrogens (tertiary/aromatic N) is 1. The van der Waals surface area contributed by atoms with Crippen molar-refractivity contribution in [3.05, 3.63) is 60.2 Å². The maximum absolute atomic E-state index is 12.5. The highest BCUT2D eigenvalue weighted by Gasteiger charge is 2.27. The number of halogens is 2. The van der Waals surface area contributed by atoms with Crippen molar-refractivity contribution in [1.82, 2.24) is 10.2 Å². The maximum atomic E-state index is 12.5. The van der Waals surface area contributed by atoms with E-state index in [4.69, 9.17) is 32.7 Å². The molecule has 2 rings (SSSR count). The summed E-state index contributed by atoms with van der Waals surface area (Å²) in [6.45, 7) is 3.24. The van der Waals surface area contributed by atoms with Gasteiger partial charge in [0.05, 0.1) is 6.61 Å². The minimum absolute atomic E-state index is 0.371. The van der Waals surface area contributed by atoms with Crippen LogP contribution in [0.4, 0.5) is 0 Å². The first-order valence-corrected chi connectivity index (χ1v) is 9.60. The Morgan fingerprint density at radius 1 is 1.07 bits per heavy atom. The number of amides is 1. The maximum Gasteiger partial charge on any atom is 0.257 e. The Kier molecular flexibility index (Phi) is 8.88. The summed E-state index contributed by atoms with van der Waals surface area (Å²) in [5, 5.41) is 3.14. The number of carbonyl (C=O) groups is 1. The Bertz CT molecular complexity index is 696. The van der Waals surface area contributed by atoms with Crippen molar-refractivity contribution in [1.29, 1.82) is 0 Å². The van der Waals surface area contributed by atoms with Crippen molar-refractivity contribution < 1.29 is 14.3 Å². The molecule has 0 heterocycles. The number of hydrogen-bond acceptors (Lipinski definition) is 4. The van der Waals surface area contributed by atoms with Gasteiger partial charge < -0.3 is 14.4 Å². The van der Waals surface area contributed by atoms with Crippen LogP contribution in [0, 0.1) is 0 Å². The van der Waals surface area contributed by atoms with Crippen LogP contribution in [-0.2, 0) is 9.53 Å². The van der Waals surface area contributed by atoms with Gasteiger partial charge >= 0.3 is 0 Å². The zero-order chi connectivity index (χ0) is 19.6. The van der Waals surface area contributed by atoms with Crippen LogP contribution in [0.1, 0.15) is 18.7 Å². The molecule has 0 saturated heterocycles. The lowest BCUT2D eigenvalue weighted by molar-refractivity contribution is -0.133. The topological polar surface area (TPSA) is 50.8 Å². The predicted molar refractivity (Wildman–Crippen MR) is 108 cm³/mol. The number of carbonyl (C=O) groups excluding carboxylic acids is 1. The van der Waals surface area contributed by atoms with Gasteiger partial charge in [-0.05, 0) is 43.8 Å². The first kappa shape index (κ1) is 21.5. The fourth-order valence-electron chi connectivity index (χ4n) is 2.64. The van der Waals surface area contributed by atoms with Crippen molar-refractivity contribution in [2.24, 2.45) is 0 Å². The summed E-state index contributed by atoms with van der Waals surface area (Å²) in [6.07, 6.45) is -0.385. The second-order valence-electron chi connectivity index (χ2n) is 5.70. The molecule has 0 aliphatic carbocycles. The lowest BCUT2D eigenvalue weighted by Gasteiger charge is -2.32. The highest BCUT2D eigenvalue weighted by atomic mass is 35.5. The smallest absolute Gasteiger partial charge is 0.257 e. The van der Waals surface area contributed by atoms with Gasteiger partial charge in [0.2, 0.25) is 0 Å². The summed E-state index contributed by atoms with van der Waals surface area (Å²) in [4.78, 5) is 12.9. The Hall–Kier alpha value is -1.79. The molecule has 2 aromatic carbocycles. The van der Waals surface area contributed by atoms with E-state index in [1.54, 1.807) is 11.9 Å². The van der Waals surface area contributed by atoms with Crippen LogP contribution in [0.5, 0.6) is 11.5 Å². The molecule has 27 heavy (non-hydrogen) atoms. The molecule has 1 N–H and O–H groups in total. The number of para-hydroxylation sites is 1. The molecule has 0 radical (unpaired) electrons. The normalized spacial score (nSPS) is 12.0. The molecule has 0 bridgehead atoms. The summed E-state index contributed by atoms with van der Waals surface area (Å²) < 4.78 is 11.2. The van der Waals surface area contributed by atoms with E-state index in [1.165, 1.54) is 0 Å². The average Bonchev–Trinajstić information content (AvgIpc) is 2.69. The molecule has 0 aliphatic heterocycles. The minimum atomic E-state index is -1.14. The number of rotatable bonds is 10. The quantitative estimate of drug-likeness (QED) is 0.359.